The molecule has 3 atom stereocenters. The molecule has 36 heavy (non-hydrogen) atoms. The van der Waals surface area contributed by atoms with Gasteiger partial charge in [-0.2, -0.15) is 0 Å². The first kappa shape index (κ1) is 24.1. The molecular weight excluding hydrogens is 497 g/mol. The fourth-order valence-corrected chi connectivity index (χ4v) is 5.83. The smallest absolute Gasteiger partial charge is 0.276 e. The number of oxazole rings is 1. The third-order valence-corrected chi connectivity index (χ3v) is 7.68. The van der Waals surface area contributed by atoms with Gasteiger partial charge in [-0.3, -0.25) is 9.79 Å². The van der Waals surface area contributed by atoms with Crippen molar-refractivity contribution in [3.05, 3.63) is 65.5 Å². The number of halogens is 3. The quantitative estimate of drug-likeness (QED) is 0.480. The first-order valence-corrected chi connectivity index (χ1v) is 11.7. The SMILES string of the molecule is Cc1nc(OCc2ncco2)cnc1C(=O)Nc1ccc(F)c([C@@]2(C)N=C(N)S[C@@]3(C(F)F)C[C@@H]23)c1. The van der Waals surface area contributed by atoms with E-state index in [1.165, 1.54) is 30.8 Å². The van der Waals surface area contributed by atoms with Crippen LogP contribution in [0.1, 0.15) is 41.0 Å². The molecule has 1 fully saturated rings. The second kappa shape index (κ2) is 8.80. The molecule has 188 valence electrons. The molecule has 1 aliphatic carbocycles. The predicted octanol–water partition coefficient (Wildman–Crippen LogP) is 4.04. The molecule has 9 nitrogen and oxygen atoms in total. The fourth-order valence-electron chi connectivity index (χ4n) is 4.50. The van der Waals surface area contributed by atoms with Gasteiger partial charge in [-0.05, 0) is 38.5 Å². The van der Waals surface area contributed by atoms with Gasteiger partial charge >= 0.3 is 0 Å². The summed E-state index contributed by atoms with van der Waals surface area (Å²) in [5.41, 5.74) is 5.22. The van der Waals surface area contributed by atoms with Crippen molar-refractivity contribution >= 4 is 28.5 Å². The number of nitrogens with one attached hydrogen (secondary N) is 1. The van der Waals surface area contributed by atoms with E-state index >= 15 is 0 Å². The van der Waals surface area contributed by atoms with Gasteiger partial charge in [0, 0.05) is 17.2 Å². The van der Waals surface area contributed by atoms with E-state index < -0.39 is 34.4 Å². The van der Waals surface area contributed by atoms with Gasteiger partial charge in [-0.25, -0.2) is 28.1 Å². The molecule has 1 aromatic carbocycles. The maximum atomic E-state index is 14.9. The van der Waals surface area contributed by atoms with Crippen molar-refractivity contribution in [2.24, 2.45) is 16.6 Å². The van der Waals surface area contributed by atoms with Gasteiger partial charge in [0.1, 0.15) is 17.8 Å². The largest absolute Gasteiger partial charge is 0.467 e. The van der Waals surface area contributed by atoms with Crippen LogP contribution in [0.15, 0.2) is 46.3 Å². The van der Waals surface area contributed by atoms with Crippen LogP contribution < -0.4 is 15.8 Å². The number of hydrogen-bond acceptors (Lipinski definition) is 9. The molecule has 3 N–H and O–H groups in total. The summed E-state index contributed by atoms with van der Waals surface area (Å²) in [6, 6.07) is 3.92. The highest BCUT2D eigenvalue weighted by molar-refractivity contribution is 8.15. The lowest BCUT2D eigenvalue weighted by molar-refractivity contribution is 0.102. The number of carbonyl (C=O) groups excluding carboxylic acids is 1. The molecule has 13 heteroatoms. The number of amidine groups is 1. The van der Waals surface area contributed by atoms with Crippen LogP contribution in [0.4, 0.5) is 18.9 Å². The first-order chi connectivity index (χ1) is 17.1. The molecule has 0 saturated heterocycles. The van der Waals surface area contributed by atoms with Gasteiger partial charge in [0.15, 0.2) is 11.8 Å². The summed E-state index contributed by atoms with van der Waals surface area (Å²) in [6.45, 7) is 3.22. The van der Waals surface area contributed by atoms with Crippen molar-refractivity contribution in [1.29, 1.82) is 0 Å². The highest BCUT2D eigenvalue weighted by atomic mass is 32.2. The highest BCUT2D eigenvalue weighted by Crippen LogP contribution is 2.68. The van der Waals surface area contributed by atoms with Crippen LogP contribution >= 0.6 is 11.8 Å². The Kier molecular flexibility index (Phi) is 5.89. The summed E-state index contributed by atoms with van der Waals surface area (Å²) < 4.78 is 51.7. The van der Waals surface area contributed by atoms with E-state index in [0.29, 0.717) is 11.6 Å². The lowest BCUT2D eigenvalue weighted by Crippen LogP contribution is -2.38. The number of fused-ring (bicyclic) bond motifs is 1. The summed E-state index contributed by atoms with van der Waals surface area (Å²) in [5, 5.41) is 2.64. The van der Waals surface area contributed by atoms with E-state index in [9.17, 15) is 18.0 Å². The third kappa shape index (κ3) is 4.16. The maximum absolute atomic E-state index is 14.9. The summed E-state index contributed by atoms with van der Waals surface area (Å²) >= 11 is 0.843. The zero-order valence-corrected chi connectivity index (χ0v) is 20.0. The standard InChI is InChI=1S/C23H21F3N6O3S/c1-11-18(29-9-16(30-11)35-10-17-28-5-6-34-17)19(33)31-12-3-4-14(24)13(7-12)22(2)15-8-23(15,20(25)26)36-21(27)32-22/h3-7,9,15,20H,8,10H2,1-2H3,(H2,27,32)(H,31,33)/t15-,22+,23-/m0/s1. The van der Waals surface area contributed by atoms with E-state index in [1.807, 2.05) is 0 Å². The third-order valence-electron chi connectivity index (χ3n) is 6.37. The number of nitrogens with two attached hydrogens (primary N) is 1. The number of nitrogens with zero attached hydrogens (tertiary/aromatic N) is 4. The molecule has 1 saturated carbocycles. The van der Waals surface area contributed by atoms with Crippen LogP contribution in [0.3, 0.4) is 0 Å². The van der Waals surface area contributed by atoms with Gasteiger partial charge in [0.05, 0.1) is 28.4 Å². The molecule has 2 aliphatic rings. The number of thioether (sulfide) groups is 1. The Bertz CT molecular complexity index is 1350. The normalized spacial score (nSPS) is 24.7. The van der Waals surface area contributed by atoms with Crippen molar-refractivity contribution in [2.45, 2.75) is 43.6 Å². The average Bonchev–Trinajstić information content (AvgIpc) is 3.36. The minimum absolute atomic E-state index is 0.0172. The zero-order chi connectivity index (χ0) is 25.7. The molecule has 0 spiro atoms. The maximum Gasteiger partial charge on any atom is 0.276 e. The lowest BCUT2D eigenvalue weighted by Gasteiger charge is -2.34. The Hall–Kier alpha value is -3.61. The van der Waals surface area contributed by atoms with Crippen molar-refractivity contribution in [3.63, 3.8) is 0 Å². The number of rotatable bonds is 7. The van der Waals surface area contributed by atoms with Crippen LogP contribution in [0, 0.1) is 18.7 Å². The molecule has 3 heterocycles. The number of aryl methyl sites for hydroxylation is 1. The number of aliphatic imine (C=N–C) groups is 1. The fraction of sp³-hybridized carbons (Fsp3) is 0.348. The molecule has 1 amide bonds. The molecule has 0 radical (unpaired) electrons. The van der Waals surface area contributed by atoms with Crippen LogP contribution in [-0.2, 0) is 12.1 Å². The second-order valence-electron chi connectivity index (χ2n) is 8.72. The van der Waals surface area contributed by atoms with Crippen LogP contribution in [0.2, 0.25) is 0 Å². The van der Waals surface area contributed by atoms with Crippen molar-refractivity contribution < 1.29 is 27.1 Å². The van der Waals surface area contributed by atoms with Gasteiger partial charge in [-0.15, -0.1) is 0 Å². The van der Waals surface area contributed by atoms with Gasteiger partial charge < -0.3 is 20.2 Å². The Morgan fingerprint density at radius 3 is 2.89 bits per heavy atom. The van der Waals surface area contributed by atoms with E-state index in [0.717, 1.165) is 17.8 Å². The molecular formula is C23H21F3N6O3S. The molecule has 1 aliphatic heterocycles. The van der Waals surface area contributed by atoms with Crippen LogP contribution in [0.25, 0.3) is 0 Å². The average molecular weight is 519 g/mol. The zero-order valence-electron chi connectivity index (χ0n) is 19.2. The Labute approximate surface area is 207 Å². The topological polar surface area (TPSA) is 129 Å². The Morgan fingerprint density at radius 1 is 1.39 bits per heavy atom. The number of carbonyl (C=O) groups is 1. The lowest BCUT2D eigenvalue weighted by atomic mass is 9.85. The van der Waals surface area contributed by atoms with E-state index in [-0.39, 0.29) is 41.0 Å². The first-order valence-electron chi connectivity index (χ1n) is 10.9. The van der Waals surface area contributed by atoms with Crippen molar-refractivity contribution in [3.8, 4) is 5.88 Å². The van der Waals surface area contributed by atoms with Gasteiger partial charge in [0.2, 0.25) is 11.8 Å². The Morgan fingerprint density at radius 2 is 2.19 bits per heavy atom. The number of benzene rings is 1. The summed E-state index contributed by atoms with van der Waals surface area (Å²) in [4.78, 5) is 29.5. The minimum atomic E-state index is -2.63. The van der Waals surface area contributed by atoms with Crippen LogP contribution in [-0.4, -0.2) is 37.2 Å². The van der Waals surface area contributed by atoms with Crippen molar-refractivity contribution in [1.82, 2.24) is 15.0 Å². The number of amides is 1. The van der Waals surface area contributed by atoms with E-state index in [1.54, 1.807) is 13.8 Å². The summed E-state index contributed by atoms with van der Waals surface area (Å²) in [6.07, 6.45) is 1.72. The number of aromatic nitrogens is 3. The summed E-state index contributed by atoms with van der Waals surface area (Å²) in [7, 11) is 0. The van der Waals surface area contributed by atoms with E-state index in [4.69, 9.17) is 14.9 Å². The van der Waals surface area contributed by atoms with E-state index in [2.05, 4.69) is 25.3 Å². The highest BCUT2D eigenvalue weighted by Gasteiger charge is 2.71. The van der Waals surface area contributed by atoms with Crippen LogP contribution in [0.5, 0.6) is 5.88 Å². The number of alkyl halides is 2. The summed E-state index contributed by atoms with van der Waals surface area (Å²) in [5.74, 6) is -1.27. The molecule has 0 unspecified atom stereocenters. The van der Waals surface area contributed by atoms with Gasteiger partial charge in [-0.1, -0.05) is 11.8 Å². The monoisotopic (exact) mass is 518 g/mol. The predicted molar refractivity (Wildman–Crippen MR) is 125 cm³/mol. The molecule has 2 aromatic heterocycles. The molecule has 3 aromatic rings. The Balaban J connectivity index is 1.35. The second-order valence-corrected chi connectivity index (χ2v) is 10.1. The minimum Gasteiger partial charge on any atom is -0.467 e. The van der Waals surface area contributed by atoms with Gasteiger partial charge in [0.25, 0.3) is 12.3 Å². The number of ether oxygens (including phenoxy) is 1. The molecule has 0 bridgehead atoms. The number of hydrogen-bond donors (Lipinski definition) is 2. The molecule has 5 rings (SSSR count). The van der Waals surface area contributed by atoms with Crippen molar-refractivity contribution in [2.75, 3.05) is 5.32 Å². The number of anilines is 1.